The Morgan fingerprint density at radius 3 is 3.04 bits per heavy atom. The van der Waals surface area contributed by atoms with Gasteiger partial charge < -0.3 is 15.0 Å². The molecule has 1 fully saturated rings. The van der Waals surface area contributed by atoms with Gasteiger partial charge in [-0.3, -0.25) is 0 Å². The maximum absolute atomic E-state index is 5.36. The van der Waals surface area contributed by atoms with Crippen LogP contribution in [0.2, 0.25) is 0 Å². The van der Waals surface area contributed by atoms with E-state index in [1.165, 1.54) is 12.8 Å². The van der Waals surface area contributed by atoms with Gasteiger partial charge in [-0.2, -0.15) is 5.10 Å². The van der Waals surface area contributed by atoms with Gasteiger partial charge in [0.1, 0.15) is 5.75 Å². The number of hydrogen-bond donors (Lipinski definition) is 1. The van der Waals surface area contributed by atoms with Crippen molar-refractivity contribution in [2.45, 2.75) is 18.9 Å². The third-order valence-corrected chi connectivity index (χ3v) is 4.26. The van der Waals surface area contributed by atoms with Crippen LogP contribution < -0.4 is 15.0 Å². The number of para-hydroxylation sites is 1. The lowest BCUT2D eigenvalue weighted by atomic mass is 10.1. The van der Waals surface area contributed by atoms with E-state index in [1.807, 2.05) is 30.3 Å². The van der Waals surface area contributed by atoms with Crippen molar-refractivity contribution >= 4 is 11.9 Å². The predicted molar refractivity (Wildman–Crippen MR) is 97.3 cm³/mol. The Morgan fingerprint density at radius 1 is 1.29 bits per heavy atom. The molecule has 3 rings (SSSR count). The Labute approximate surface area is 143 Å². The first-order valence-electron chi connectivity index (χ1n) is 8.42. The summed E-state index contributed by atoms with van der Waals surface area (Å²) in [5.41, 5.74) is 1.10. The number of ether oxygens (including phenoxy) is 1. The molecule has 1 atom stereocenters. The van der Waals surface area contributed by atoms with Crippen LogP contribution in [-0.2, 0) is 0 Å². The molecule has 5 nitrogen and oxygen atoms in total. The largest absolute Gasteiger partial charge is 0.496 e. The summed E-state index contributed by atoms with van der Waals surface area (Å²) in [5, 5.41) is 11.8. The number of methoxy groups -OCH3 is 1. The Kier molecular flexibility index (Phi) is 5.80. The highest BCUT2D eigenvalue weighted by atomic mass is 16.5. The molecule has 0 unspecified atom stereocenters. The Bertz CT molecular complexity index is 659. The molecule has 1 aromatic carbocycles. The highest BCUT2D eigenvalue weighted by Crippen LogP contribution is 2.19. The monoisotopic (exact) mass is 324 g/mol. The van der Waals surface area contributed by atoms with Crippen molar-refractivity contribution in [2.24, 2.45) is 0 Å². The molecule has 0 aliphatic carbocycles. The number of hydrogen-bond acceptors (Lipinski definition) is 5. The first kappa shape index (κ1) is 16.5. The molecule has 1 saturated heterocycles. The van der Waals surface area contributed by atoms with Crippen LogP contribution in [0.3, 0.4) is 0 Å². The molecule has 0 bridgehead atoms. The molecule has 0 spiro atoms. The first-order chi connectivity index (χ1) is 11.9. The molecule has 1 aliphatic heterocycles. The normalized spacial score (nSPS) is 18.0. The molecular weight excluding hydrogens is 300 g/mol. The van der Waals surface area contributed by atoms with Crippen LogP contribution in [0.1, 0.15) is 18.4 Å². The van der Waals surface area contributed by atoms with Crippen molar-refractivity contribution in [2.75, 3.05) is 31.6 Å². The Hall–Kier alpha value is -2.40. The van der Waals surface area contributed by atoms with Crippen LogP contribution in [0, 0.1) is 0 Å². The van der Waals surface area contributed by atoms with Gasteiger partial charge in [0.2, 0.25) is 0 Å². The SMILES string of the molecule is COc1ccccc1/C=C/CN[C@H]1CCCN(c2cccnn2)C1. The van der Waals surface area contributed by atoms with Gasteiger partial charge in [-0.1, -0.05) is 30.4 Å². The maximum Gasteiger partial charge on any atom is 0.151 e. The maximum atomic E-state index is 5.36. The Balaban J connectivity index is 1.50. The summed E-state index contributed by atoms with van der Waals surface area (Å²) in [6.45, 7) is 2.87. The third-order valence-electron chi connectivity index (χ3n) is 4.26. The molecule has 0 saturated carbocycles. The molecule has 1 N–H and O–H groups in total. The summed E-state index contributed by atoms with van der Waals surface area (Å²) in [6.07, 6.45) is 8.34. The minimum absolute atomic E-state index is 0.475. The van der Waals surface area contributed by atoms with Crippen molar-refractivity contribution in [3.05, 3.63) is 54.2 Å². The van der Waals surface area contributed by atoms with Gasteiger partial charge >= 0.3 is 0 Å². The Morgan fingerprint density at radius 2 is 2.21 bits per heavy atom. The summed E-state index contributed by atoms with van der Waals surface area (Å²) >= 11 is 0. The van der Waals surface area contributed by atoms with Crippen molar-refractivity contribution in [3.8, 4) is 5.75 Å². The third kappa shape index (κ3) is 4.32. The lowest BCUT2D eigenvalue weighted by Crippen LogP contribution is -2.46. The van der Waals surface area contributed by atoms with Crippen molar-refractivity contribution in [3.63, 3.8) is 0 Å². The van der Waals surface area contributed by atoms with E-state index in [0.717, 1.165) is 36.8 Å². The van der Waals surface area contributed by atoms with Gasteiger partial charge in [0.05, 0.1) is 7.11 Å². The van der Waals surface area contributed by atoms with E-state index < -0.39 is 0 Å². The van der Waals surface area contributed by atoms with Gasteiger partial charge in [0, 0.05) is 37.4 Å². The summed E-state index contributed by atoms with van der Waals surface area (Å²) < 4.78 is 5.36. The predicted octanol–water partition coefficient (Wildman–Crippen LogP) is 2.76. The molecule has 2 aromatic rings. The second kappa shape index (κ2) is 8.45. The van der Waals surface area contributed by atoms with E-state index in [2.05, 4.69) is 38.6 Å². The van der Waals surface area contributed by atoms with E-state index in [-0.39, 0.29) is 0 Å². The number of nitrogens with zero attached hydrogens (tertiary/aromatic N) is 3. The smallest absolute Gasteiger partial charge is 0.151 e. The minimum Gasteiger partial charge on any atom is -0.496 e. The van der Waals surface area contributed by atoms with E-state index >= 15 is 0 Å². The average molecular weight is 324 g/mol. The fraction of sp³-hybridized carbons (Fsp3) is 0.368. The van der Waals surface area contributed by atoms with Gasteiger partial charge in [0.15, 0.2) is 5.82 Å². The highest BCUT2D eigenvalue weighted by molar-refractivity contribution is 5.57. The van der Waals surface area contributed by atoms with Crippen molar-refractivity contribution < 1.29 is 4.74 Å². The highest BCUT2D eigenvalue weighted by Gasteiger charge is 2.20. The van der Waals surface area contributed by atoms with Crippen LogP contribution in [0.25, 0.3) is 6.08 Å². The number of nitrogens with one attached hydrogen (secondary N) is 1. The molecule has 5 heteroatoms. The van der Waals surface area contributed by atoms with Crippen LogP contribution >= 0.6 is 0 Å². The molecule has 0 radical (unpaired) electrons. The lowest BCUT2D eigenvalue weighted by molar-refractivity contribution is 0.414. The van der Waals surface area contributed by atoms with Crippen molar-refractivity contribution in [1.29, 1.82) is 0 Å². The lowest BCUT2D eigenvalue weighted by Gasteiger charge is -2.33. The summed E-state index contributed by atoms with van der Waals surface area (Å²) in [5.74, 6) is 1.87. The quantitative estimate of drug-likeness (QED) is 0.885. The zero-order valence-electron chi connectivity index (χ0n) is 14.1. The molecule has 0 amide bonds. The summed E-state index contributed by atoms with van der Waals surface area (Å²) in [4.78, 5) is 2.30. The van der Waals surface area contributed by atoms with Crippen LogP contribution in [0.15, 0.2) is 48.7 Å². The van der Waals surface area contributed by atoms with Gasteiger partial charge in [0.25, 0.3) is 0 Å². The number of anilines is 1. The van der Waals surface area contributed by atoms with Gasteiger partial charge in [-0.25, -0.2) is 0 Å². The molecule has 24 heavy (non-hydrogen) atoms. The zero-order chi connectivity index (χ0) is 16.6. The van der Waals surface area contributed by atoms with E-state index in [0.29, 0.717) is 6.04 Å². The molecule has 1 aliphatic rings. The fourth-order valence-electron chi connectivity index (χ4n) is 3.04. The second-order valence-electron chi connectivity index (χ2n) is 5.92. The van der Waals surface area contributed by atoms with Crippen LogP contribution in [-0.4, -0.2) is 43.0 Å². The molecule has 126 valence electrons. The zero-order valence-corrected chi connectivity index (χ0v) is 14.1. The van der Waals surface area contributed by atoms with Crippen LogP contribution in [0.4, 0.5) is 5.82 Å². The van der Waals surface area contributed by atoms with E-state index in [1.54, 1.807) is 13.3 Å². The number of rotatable bonds is 6. The summed E-state index contributed by atoms with van der Waals surface area (Å²) in [7, 11) is 1.70. The molecular formula is C19H24N4O. The number of benzene rings is 1. The van der Waals surface area contributed by atoms with Crippen molar-refractivity contribution in [1.82, 2.24) is 15.5 Å². The average Bonchev–Trinajstić information content (AvgIpc) is 2.66. The fourth-order valence-corrected chi connectivity index (χ4v) is 3.04. The standard InChI is InChI=1S/C19H24N4O/c1-24-18-10-3-2-7-16(18)8-4-12-20-17-9-6-14-23(15-17)19-11-5-13-21-22-19/h2-5,7-8,10-11,13,17,20H,6,9,12,14-15H2,1H3/b8-4+/t17-/m0/s1. The van der Waals surface area contributed by atoms with E-state index in [4.69, 9.17) is 4.74 Å². The topological polar surface area (TPSA) is 50.3 Å². The molecule has 1 aromatic heterocycles. The van der Waals surface area contributed by atoms with Gasteiger partial charge in [-0.15, -0.1) is 5.10 Å². The number of aromatic nitrogens is 2. The molecule has 2 heterocycles. The first-order valence-corrected chi connectivity index (χ1v) is 8.42. The summed E-state index contributed by atoms with van der Waals surface area (Å²) in [6, 6.07) is 12.5. The van der Waals surface area contributed by atoms with Gasteiger partial charge in [-0.05, 0) is 31.0 Å². The van der Waals surface area contributed by atoms with Crippen LogP contribution in [0.5, 0.6) is 5.75 Å². The second-order valence-corrected chi connectivity index (χ2v) is 5.92. The van der Waals surface area contributed by atoms with E-state index in [9.17, 15) is 0 Å². The number of piperidine rings is 1. The minimum atomic E-state index is 0.475.